The lowest BCUT2D eigenvalue weighted by Crippen LogP contribution is -2.25. The molecule has 6 heteroatoms. The van der Waals surface area contributed by atoms with Crippen molar-refractivity contribution in [1.29, 1.82) is 0 Å². The van der Waals surface area contributed by atoms with E-state index in [1.54, 1.807) is 6.07 Å². The highest BCUT2D eigenvalue weighted by molar-refractivity contribution is 9.10. The first-order valence-corrected chi connectivity index (χ1v) is 7.98. The van der Waals surface area contributed by atoms with E-state index in [4.69, 9.17) is 0 Å². The smallest absolute Gasteiger partial charge is 0.149 e. The second-order valence-electron chi connectivity index (χ2n) is 5.51. The Hall–Kier alpha value is -1.27. The molecule has 112 valence electrons. The third kappa shape index (κ3) is 2.87. The standard InChI is InChI=1S/C15H18BrFN4/c1-9(12-8-11(16)5-6-13(12)17)18-10(2)15-20-19-14-4-3-7-21(14)15/h5-6,8-10,18H,3-4,7H2,1-2H3. The summed E-state index contributed by atoms with van der Waals surface area (Å²) in [4.78, 5) is 0. The Bertz CT molecular complexity index is 655. The lowest BCUT2D eigenvalue weighted by molar-refractivity contribution is 0.446. The first kappa shape index (κ1) is 14.7. The van der Waals surface area contributed by atoms with Gasteiger partial charge in [0.05, 0.1) is 6.04 Å². The molecule has 1 aromatic heterocycles. The second-order valence-corrected chi connectivity index (χ2v) is 6.42. The first-order chi connectivity index (χ1) is 10.1. The van der Waals surface area contributed by atoms with Gasteiger partial charge in [-0.15, -0.1) is 10.2 Å². The van der Waals surface area contributed by atoms with Crippen LogP contribution in [0.15, 0.2) is 22.7 Å². The number of fused-ring (bicyclic) bond motifs is 1. The van der Waals surface area contributed by atoms with E-state index in [1.807, 2.05) is 19.9 Å². The molecule has 0 bridgehead atoms. The topological polar surface area (TPSA) is 42.7 Å². The Labute approximate surface area is 131 Å². The van der Waals surface area contributed by atoms with Crippen molar-refractivity contribution in [2.75, 3.05) is 0 Å². The molecule has 1 aromatic carbocycles. The fourth-order valence-corrected chi connectivity index (χ4v) is 3.26. The summed E-state index contributed by atoms with van der Waals surface area (Å²) in [6, 6.07) is 4.93. The van der Waals surface area contributed by atoms with E-state index in [9.17, 15) is 4.39 Å². The maximum absolute atomic E-state index is 13.9. The zero-order chi connectivity index (χ0) is 15.0. The number of hydrogen-bond donors (Lipinski definition) is 1. The first-order valence-electron chi connectivity index (χ1n) is 7.19. The van der Waals surface area contributed by atoms with Gasteiger partial charge in [0.1, 0.15) is 17.5 Å². The molecule has 0 aliphatic carbocycles. The summed E-state index contributed by atoms with van der Waals surface area (Å²) in [6.07, 6.45) is 2.12. The zero-order valence-electron chi connectivity index (χ0n) is 12.1. The molecule has 0 saturated heterocycles. The minimum absolute atomic E-state index is 0.0257. The van der Waals surface area contributed by atoms with Crippen LogP contribution in [0.5, 0.6) is 0 Å². The highest BCUT2D eigenvalue weighted by Crippen LogP contribution is 2.25. The van der Waals surface area contributed by atoms with Gasteiger partial charge in [-0.2, -0.15) is 0 Å². The summed E-state index contributed by atoms with van der Waals surface area (Å²) in [6.45, 7) is 4.98. The van der Waals surface area contributed by atoms with Crippen molar-refractivity contribution in [2.45, 2.75) is 45.3 Å². The van der Waals surface area contributed by atoms with Gasteiger partial charge in [0.25, 0.3) is 0 Å². The molecule has 4 nitrogen and oxygen atoms in total. The van der Waals surface area contributed by atoms with Gasteiger partial charge in [0, 0.05) is 29.0 Å². The van der Waals surface area contributed by atoms with Crippen molar-refractivity contribution in [3.8, 4) is 0 Å². The molecular weight excluding hydrogens is 335 g/mol. The molecule has 2 unspecified atom stereocenters. The molecule has 0 radical (unpaired) electrons. The van der Waals surface area contributed by atoms with Gasteiger partial charge in [-0.25, -0.2) is 4.39 Å². The van der Waals surface area contributed by atoms with E-state index in [-0.39, 0.29) is 17.9 Å². The Kier molecular flexibility index (Phi) is 4.08. The minimum Gasteiger partial charge on any atom is -0.314 e. The van der Waals surface area contributed by atoms with Gasteiger partial charge in [0.2, 0.25) is 0 Å². The molecule has 0 amide bonds. The molecule has 0 saturated carbocycles. The predicted molar refractivity (Wildman–Crippen MR) is 82.4 cm³/mol. The predicted octanol–water partition coefficient (Wildman–Crippen LogP) is 3.54. The van der Waals surface area contributed by atoms with E-state index in [0.717, 1.165) is 35.5 Å². The summed E-state index contributed by atoms with van der Waals surface area (Å²) >= 11 is 3.39. The molecule has 1 aliphatic heterocycles. The van der Waals surface area contributed by atoms with Crippen LogP contribution in [0.3, 0.4) is 0 Å². The SMILES string of the molecule is CC(NC(C)c1nnc2n1CCC2)c1cc(Br)ccc1F. The number of rotatable bonds is 4. The fraction of sp³-hybridized carbons (Fsp3) is 0.467. The Morgan fingerprint density at radius 2 is 2.10 bits per heavy atom. The van der Waals surface area contributed by atoms with E-state index in [0.29, 0.717) is 5.56 Å². The molecule has 0 fully saturated rings. The fourth-order valence-electron chi connectivity index (χ4n) is 2.88. The second kappa shape index (κ2) is 5.85. The van der Waals surface area contributed by atoms with Crippen LogP contribution in [-0.4, -0.2) is 14.8 Å². The maximum Gasteiger partial charge on any atom is 0.149 e. The van der Waals surface area contributed by atoms with Gasteiger partial charge < -0.3 is 9.88 Å². The largest absolute Gasteiger partial charge is 0.314 e. The third-order valence-corrected chi connectivity index (χ3v) is 4.44. The number of aromatic nitrogens is 3. The van der Waals surface area contributed by atoms with Gasteiger partial charge >= 0.3 is 0 Å². The van der Waals surface area contributed by atoms with Crippen LogP contribution in [0.1, 0.15) is 49.6 Å². The lowest BCUT2D eigenvalue weighted by Gasteiger charge is -2.20. The number of nitrogens with zero attached hydrogens (tertiary/aromatic N) is 3. The average molecular weight is 353 g/mol. The Morgan fingerprint density at radius 3 is 2.90 bits per heavy atom. The molecule has 1 N–H and O–H groups in total. The van der Waals surface area contributed by atoms with Crippen LogP contribution in [0.4, 0.5) is 4.39 Å². The zero-order valence-corrected chi connectivity index (χ0v) is 13.7. The van der Waals surface area contributed by atoms with Crippen molar-refractivity contribution >= 4 is 15.9 Å². The summed E-state index contributed by atoms with van der Waals surface area (Å²) in [7, 11) is 0. The third-order valence-electron chi connectivity index (χ3n) is 3.95. The normalized spacial score (nSPS) is 16.8. The van der Waals surface area contributed by atoms with E-state index in [1.165, 1.54) is 6.07 Å². The van der Waals surface area contributed by atoms with Crippen LogP contribution in [0, 0.1) is 5.82 Å². The van der Waals surface area contributed by atoms with E-state index >= 15 is 0 Å². The summed E-state index contributed by atoms with van der Waals surface area (Å²) < 4.78 is 17.0. The molecule has 0 spiro atoms. The Balaban J connectivity index is 1.77. The van der Waals surface area contributed by atoms with Crippen LogP contribution < -0.4 is 5.32 Å². The molecular formula is C15H18BrFN4. The molecule has 3 rings (SSSR count). The number of hydrogen-bond acceptors (Lipinski definition) is 3. The number of nitrogens with one attached hydrogen (secondary N) is 1. The van der Waals surface area contributed by atoms with Crippen LogP contribution >= 0.6 is 15.9 Å². The van der Waals surface area contributed by atoms with Crippen molar-refractivity contribution in [3.63, 3.8) is 0 Å². The monoisotopic (exact) mass is 352 g/mol. The number of aryl methyl sites for hydroxylation is 1. The highest BCUT2D eigenvalue weighted by atomic mass is 79.9. The summed E-state index contributed by atoms with van der Waals surface area (Å²) in [5, 5.41) is 11.9. The molecule has 2 atom stereocenters. The summed E-state index contributed by atoms with van der Waals surface area (Å²) in [5.41, 5.74) is 0.650. The highest BCUT2D eigenvalue weighted by Gasteiger charge is 2.23. The molecule has 21 heavy (non-hydrogen) atoms. The van der Waals surface area contributed by atoms with Crippen molar-refractivity contribution in [3.05, 3.63) is 45.7 Å². The van der Waals surface area contributed by atoms with Gasteiger partial charge in [-0.05, 0) is 38.5 Å². The lowest BCUT2D eigenvalue weighted by atomic mass is 10.1. The molecule has 2 heterocycles. The van der Waals surface area contributed by atoms with Crippen molar-refractivity contribution < 1.29 is 4.39 Å². The average Bonchev–Trinajstić information content (AvgIpc) is 3.03. The van der Waals surface area contributed by atoms with Crippen LogP contribution in [0.2, 0.25) is 0 Å². The minimum atomic E-state index is -0.197. The Morgan fingerprint density at radius 1 is 1.29 bits per heavy atom. The maximum atomic E-state index is 13.9. The molecule has 1 aliphatic rings. The van der Waals surface area contributed by atoms with Gasteiger partial charge in [-0.3, -0.25) is 0 Å². The van der Waals surface area contributed by atoms with Crippen LogP contribution in [-0.2, 0) is 13.0 Å². The quantitative estimate of drug-likeness (QED) is 0.914. The number of benzene rings is 1. The van der Waals surface area contributed by atoms with Crippen molar-refractivity contribution in [2.24, 2.45) is 0 Å². The molecule has 2 aromatic rings. The van der Waals surface area contributed by atoms with Crippen molar-refractivity contribution in [1.82, 2.24) is 20.1 Å². The number of halogens is 2. The van der Waals surface area contributed by atoms with E-state index < -0.39 is 0 Å². The van der Waals surface area contributed by atoms with E-state index in [2.05, 4.69) is 36.0 Å². The van der Waals surface area contributed by atoms with Crippen LogP contribution in [0.25, 0.3) is 0 Å². The van der Waals surface area contributed by atoms with Gasteiger partial charge in [0.15, 0.2) is 0 Å². The van der Waals surface area contributed by atoms with Gasteiger partial charge in [-0.1, -0.05) is 15.9 Å². The summed E-state index contributed by atoms with van der Waals surface area (Å²) in [5.74, 6) is 1.79.